The Hall–Kier alpha value is -3.26. The summed E-state index contributed by atoms with van der Waals surface area (Å²) >= 11 is 0. The van der Waals surface area contributed by atoms with Crippen molar-refractivity contribution in [1.29, 1.82) is 0 Å². The van der Waals surface area contributed by atoms with Crippen molar-refractivity contribution >= 4 is 23.5 Å². The molecule has 1 aliphatic heterocycles. The van der Waals surface area contributed by atoms with E-state index in [4.69, 9.17) is 5.73 Å². The Morgan fingerprint density at radius 1 is 1.17 bits per heavy atom. The van der Waals surface area contributed by atoms with E-state index < -0.39 is 41.6 Å². The van der Waals surface area contributed by atoms with Crippen LogP contribution in [0.15, 0.2) is 48.5 Å². The molecule has 29 heavy (non-hydrogen) atoms. The molecule has 0 saturated carbocycles. The molecule has 0 aromatic heterocycles. The molecular formula is C21H22FN3O4. The van der Waals surface area contributed by atoms with E-state index in [-0.39, 0.29) is 19.3 Å². The van der Waals surface area contributed by atoms with Crippen molar-refractivity contribution in [3.63, 3.8) is 0 Å². The first-order valence-electron chi connectivity index (χ1n) is 9.25. The largest absolute Gasteiger partial charge is 0.481 e. The van der Waals surface area contributed by atoms with Gasteiger partial charge in [0.1, 0.15) is 11.9 Å². The number of para-hydroxylation sites is 1. The van der Waals surface area contributed by atoms with Crippen molar-refractivity contribution in [2.24, 2.45) is 5.73 Å². The third kappa shape index (κ3) is 4.97. The number of benzene rings is 2. The molecular weight excluding hydrogens is 377 g/mol. The summed E-state index contributed by atoms with van der Waals surface area (Å²) in [6.07, 6.45) is -0.269. The molecule has 3 atom stereocenters. The molecule has 1 heterocycles. The standard InChI is InChI=1S/C21H22FN3O4/c22-16-7-3-1-5-12(16)9-13(23)10-18(26)25-20-15(11-19(27)28)14-6-2-4-8-17(14)24-21(20)29/h1-8,13,15,20H,9-11,23H2,(H,24,29)(H,25,26)(H,27,28)/t13-,15?,20?/m1/s1. The van der Waals surface area contributed by atoms with Gasteiger partial charge in [0, 0.05) is 24.1 Å². The number of rotatable bonds is 7. The molecule has 0 spiro atoms. The predicted molar refractivity (Wildman–Crippen MR) is 105 cm³/mol. The zero-order valence-corrected chi connectivity index (χ0v) is 15.6. The zero-order valence-electron chi connectivity index (χ0n) is 15.6. The van der Waals surface area contributed by atoms with Crippen LogP contribution in [0, 0.1) is 5.82 Å². The normalized spacial score (nSPS) is 19.0. The van der Waals surface area contributed by atoms with E-state index in [1.54, 1.807) is 42.5 Å². The summed E-state index contributed by atoms with van der Waals surface area (Å²) in [4.78, 5) is 36.3. The highest BCUT2D eigenvalue weighted by Crippen LogP contribution is 2.34. The minimum absolute atomic E-state index is 0.125. The molecule has 2 amide bonds. The molecule has 5 N–H and O–H groups in total. The number of nitrogens with one attached hydrogen (secondary N) is 2. The van der Waals surface area contributed by atoms with E-state index in [1.165, 1.54) is 6.07 Å². The van der Waals surface area contributed by atoms with Crippen molar-refractivity contribution in [2.45, 2.75) is 37.3 Å². The Morgan fingerprint density at radius 3 is 2.59 bits per heavy atom. The van der Waals surface area contributed by atoms with Crippen LogP contribution in [0.2, 0.25) is 0 Å². The average molecular weight is 399 g/mol. The number of carbonyl (C=O) groups excluding carboxylic acids is 2. The van der Waals surface area contributed by atoms with Gasteiger partial charge in [0.2, 0.25) is 11.8 Å². The number of nitrogens with two attached hydrogens (primary N) is 1. The molecule has 7 nitrogen and oxygen atoms in total. The third-order valence-corrected chi connectivity index (χ3v) is 4.90. The van der Waals surface area contributed by atoms with E-state index in [2.05, 4.69) is 10.6 Å². The second kappa shape index (κ2) is 8.83. The Kier molecular flexibility index (Phi) is 6.23. The lowest BCUT2D eigenvalue weighted by molar-refractivity contribution is -0.138. The monoisotopic (exact) mass is 399 g/mol. The van der Waals surface area contributed by atoms with Gasteiger partial charge in [0.05, 0.1) is 6.42 Å². The van der Waals surface area contributed by atoms with Crippen molar-refractivity contribution < 1.29 is 23.9 Å². The molecule has 0 bridgehead atoms. The number of halogens is 1. The van der Waals surface area contributed by atoms with Gasteiger partial charge in [0.15, 0.2) is 0 Å². The molecule has 0 aliphatic carbocycles. The van der Waals surface area contributed by atoms with Gasteiger partial charge >= 0.3 is 5.97 Å². The van der Waals surface area contributed by atoms with Crippen LogP contribution in [0.4, 0.5) is 10.1 Å². The number of aliphatic carboxylic acids is 1. The molecule has 3 rings (SSSR count). The second-order valence-corrected chi connectivity index (χ2v) is 7.09. The SMILES string of the molecule is N[C@@H](CC(=O)NC1C(=O)Nc2ccccc2C1CC(=O)O)Cc1ccccc1F. The summed E-state index contributed by atoms with van der Waals surface area (Å²) in [5.74, 6) is -3.15. The lowest BCUT2D eigenvalue weighted by atomic mass is 9.84. The van der Waals surface area contributed by atoms with Gasteiger partial charge in [-0.2, -0.15) is 0 Å². The number of hydrogen-bond acceptors (Lipinski definition) is 4. The maximum Gasteiger partial charge on any atom is 0.304 e. The Labute approximate surface area is 167 Å². The third-order valence-electron chi connectivity index (χ3n) is 4.90. The fourth-order valence-corrected chi connectivity index (χ4v) is 3.58. The molecule has 8 heteroatoms. The number of carboxylic acids is 1. The van der Waals surface area contributed by atoms with E-state index in [0.717, 1.165) is 0 Å². The first-order chi connectivity index (χ1) is 13.8. The number of anilines is 1. The molecule has 152 valence electrons. The minimum Gasteiger partial charge on any atom is -0.481 e. The topological polar surface area (TPSA) is 122 Å². The first-order valence-corrected chi connectivity index (χ1v) is 9.25. The van der Waals surface area contributed by atoms with Crippen molar-refractivity contribution in [3.8, 4) is 0 Å². The number of fused-ring (bicyclic) bond motifs is 1. The van der Waals surface area contributed by atoms with Gasteiger partial charge in [-0.25, -0.2) is 4.39 Å². The highest BCUT2D eigenvalue weighted by molar-refractivity contribution is 6.01. The van der Waals surface area contributed by atoms with E-state index in [0.29, 0.717) is 16.8 Å². The summed E-state index contributed by atoms with van der Waals surface area (Å²) in [5, 5.41) is 14.6. The molecule has 2 aromatic carbocycles. The number of carbonyl (C=O) groups is 3. The van der Waals surface area contributed by atoms with Crippen molar-refractivity contribution in [3.05, 3.63) is 65.5 Å². The lowest BCUT2D eigenvalue weighted by Crippen LogP contribution is -2.51. The summed E-state index contributed by atoms with van der Waals surface area (Å²) in [6.45, 7) is 0. The van der Waals surface area contributed by atoms with Crippen LogP contribution in [0.1, 0.15) is 29.9 Å². The quantitative estimate of drug-likeness (QED) is 0.565. The van der Waals surface area contributed by atoms with Gasteiger partial charge in [-0.05, 0) is 29.7 Å². The van der Waals surface area contributed by atoms with Crippen LogP contribution in [0.3, 0.4) is 0 Å². The van der Waals surface area contributed by atoms with Crippen LogP contribution < -0.4 is 16.4 Å². The lowest BCUT2D eigenvalue weighted by Gasteiger charge is -2.33. The minimum atomic E-state index is -1.07. The number of carboxylic acid groups (broad SMARTS) is 1. The smallest absolute Gasteiger partial charge is 0.304 e. The maximum atomic E-state index is 13.8. The van der Waals surface area contributed by atoms with Gasteiger partial charge < -0.3 is 21.5 Å². The van der Waals surface area contributed by atoms with E-state index in [9.17, 15) is 23.9 Å². The van der Waals surface area contributed by atoms with E-state index >= 15 is 0 Å². The van der Waals surface area contributed by atoms with Crippen LogP contribution >= 0.6 is 0 Å². The molecule has 2 aromatic rings. The van der Waals surface area contributed by atoms with Gasteiger partial charge in [0.25, 0.3) is 0 Å². The Balaban J connectivity index is 1.70. The van der Waals surface area contributed by atoms with E-state index in [1.807, 2.05) is 0 Å². The number of hydrogen-bond donors (Lipinski definition) is 4. The fourth-order valence-electron chi connectivity index (χ4n) is 3.58. The first kappa shape index (κ1) is 20.5. The van der Waals surface area contributed by atoms with Crippen LogP contribution in [-0.2, 0) is 20.8 Å². The predicted octanol–water partition coefficient (Wildman–Crippen LogP) is 1.78. The molecule has 0 saturated heterocycles. The highest BCUT2D eigenvalue weighted by atomic mass is 19.1. The Morgan fingerprint density at radius 2 is 1.86 bits per heavy atom. The Bertz CT molecular complexity index is 934. The summed E-state index contributed by atoms with van der Waals surface area (Å²) < 4.78 is 13.8. The van der Waals surface area contributed by atoms with Gasteiger partial charge in [-0.3, -0.25) is 14.4 Å². The molecule has 0 fully saturated rings. The van der Waals surface area contributed by atoms with Crippen molar-refractivity contribution in [2.75, 3.05) is 5.32 Å². The molecule has 0 radical (unpaired) electrons. The summed E-state index contributed by atoms with van der Waals surface area (Å²) in [5.41, 5.74) is 7.57. The van der Waals surface area contributed by atoms with Crippen molar-refractivity contribution in [1.82, 2.24) is 5.32 Å². The molecule has 2 unspecified atom stereocenters. The van der Waals surface area contributed by atoms with Gasteiger partial charge in [-0.15, -0.1) is 0 Å². The van der Waals surface area contributed by atoms with Crippen LogP contribution in [0.5, 0.6) is 0 Å². The molecule has 1 aliphatic rings. The number of amides is 2. The zero-order chi connectivity index (χ0) is 21.0. The highest BCUT2D eigenvalue weighted by Gasteiger charge is 2.38. The summed E-state index contributed by atoms with van der Waals surface area (Å²) in [6, 6.07) is 11.4. The van der Waals surface area contributed by atoms with Crippen LogP contribution in [0.25, 0.3) is 0 Å². The van der Waals surface area contributed by atoms with Gasteiger partial charge in [-0.1, -0.05) is 36.4 Å². The average Bonchev–Trinajstić information content (AvgIpc) is 2.66. The van der Waals surface area contributed by atoms with Crippen LogP contribution in [-0.4, -0.2) is 35.0 Å². The fraction of sp³-hybridized carbons (Fsp3) is 0.286. The maximum absolute atomic E-state index is 13.8. The second-order valence-electron chi connectivity index (χ2n) is 7.09. The summed E-state index contributed by atoms with van der Waals surface area (Å²) in [7, 11) is 0.